The number of amides is 2. The van der Waals surface area contributed by atoms with Crippen LogP contribution >= 0.6 is 11.8 Å². The maximum absolute atomic E-state index is 14.3. The number of thioether (sulfide) groups is 1. The fourth-order valence-corrected chi connectivity index (χ4v) is 3.14. The second-order valence-electron chi connectivity index (χ2n) is 6.36. The van der Waals surface area contributed by atoms with Gasteiger partial charge in [0, 0.05) is 11.4 Å². The van der Waals surface area contributed by atoms with Crippen LogP contribution in [0.2, 0.25) is 0 Å². The minimum atomic E-state index is -0.536. The van der Waals surface area contributed by atoms with Gasteiger partial charge in [0.2, 0.25) is 11.8 Å². The minimum absolute atomic E-state index is 0.127. The van der Waals surface area contributed by atoms with Crippen molar-refractivity contribution in [3.63, 3.8) is 0 Å². The second-order valence-corrected chi connectivity index (χ2v) is 7.69. The van der Waals surface area contributed by atoms with Crippen LogP contribution in [0.3, 0.4) is 0 Å². The molecular formula is C20H20FN5O2S. The van der Waals surface area contributed by atoms with E-state index in [2.05, 4.69) is 20.7 Å². The van der Waals surface area contributed by atoms with Gasteiger partial charge in [0.15, 0.2) is 5.82 Å². The average molecular weight is 413 g/mol. The average Bonchev–Trinajstić information content (AvgIpc) is 3.22. The molecule has 29 heavy (non-hydrogen) atoms. The van der Waals surface area contributed by atoms with E-state index >= 15 is 0 Å². The van der Waals surface area contributed by atoms with Crippen LogP contribution < -0.4 is 10.6 Å². The van der Waals surface area contributed by atoms with Gasteiger partial charge in [0.25, 0.3) is 0 Å². The molecule has 0 aliphatic heterocycles. The summed E-state index contributed by atoms with van der Waals surface area (Å²) in [7, 11) is 0. The number of carbonyl (C=O) groups excluding carboxylic acids is 2. The first-order valence-corrected chi connectivity index (χ1v) is 9.91. The van der Waals surface area contributed by atoms with Crippen molar-refractivity contribution in [2.45, 2.75) is 19.1 Å². The Morgan fingerprint density at radius 3 is 2.52 bits per heavy atom. The highest BCUT2D eigenvalue weighted by Gasteiger charge is 2.16. The summed E-state index contributed by atoms with van der Waals surface area (Å²) in [4.78, 5) is 28.2. The number of nitrogens with one attached hydrogen (secondary N) is 2. The van der Waals surface area contributed by atoms with Gasteiger partial charge in [-0.05, 0) is 44.2 Å². The molecule has 0 spiro atoms. The molecule has 1 aromatic heterocycles. The Hall–Kier alpha value is -3.20. The zero-order chi connectivity index (χ0) is 20.8. The molecule has 0 saturated heterocycles. The zero-order valence-corrected chi connectivity index (χ0v) is 16.7. The molecule has 3 aromatic rings. The largest absolute Gasteiger partial charge is 0.325 e. The summed E-state index contributed by atoms with van der Waals surface area (Å²) in [5.41, 5.74) is 2.37. The summed E-state index contributed by atoms with van der Waals surface area (Å²) in [5.74, 6) is -0.916. The van der Waals surface area contributed by atoms with E-state index in [9.17, 15) is 14.0 Å². The minimum Gasteiger partial charge on any atom is -0.325 e. The van der Waals surface area contributed by atoms with Crippen molar-refractivity contribution in [3.05, 3.63) is 66.5 Å². The summed E-state index contributed by atoms with van der Waals surface area (Å²) in [6, 6.07) is 11.8. The van der Waals surface area contributed by atoms with Crippen molar-refractivity contribution < 1.29 is 14.0 Å². The molecule has 2 aromatic carbocycles. The van der Waals surface area contributed by atoms with Crippen molar-refractivity contribution in [2.75, 3.05) is 16.4 Å². The van der Waals surface area contributed by atoms with Crippen LogP contribution in [0.1, 0.15) is 12.5 Å². The molecule has 0 saturated carbocycles. The van der Waals surface area contributed by atoms with E-state index in [0.717, 1.165) is 5.56 Å². The van der Waals surface area contributed by atoms with Gasteiger partial charge in [0.1, 0.15) is 18.3 Å². The third-order valence-corrected chi connectivity index (χ3v) is 5.19. The highest BCUT2D eigenvalue weighted by Crippen LogP contribution is 2.19. The molecule has 0 aliphatic carbocycles. The Bertz CT molecular complexity index is 993. The first kappa shape index (κ1) is 20.5. The van der Waals surface area contributed by atoms with Gasteiger partial charge in [0.05, 0.1) is 11.0 Å². The summed E-state index contributed by atoms with van der Waals surface area (Å²) in [6.45, 7) is 3.66. The van der Waals surface area contributed by atoms with Crippen molar-refractivity contribution >= 4 is 35.0 Å². The number of hydrogen-bond acceptors (Lipinski definition) is 5. The maximum atomic E-state index is 14.3. The van der Waals surface area contributed by atoms with Crippen molar-refractivity contribution in [1.29, 1.82) is 0 Å². The van der Waals surface area contributed by atoms with Crippen molar-refractivity contribution in [3.8, 4) is 5.69 Å². The fourth-order valence-electron chi connectivity index (χ4n) is 2.46. The van der Waals surface area contributed by atoms with E-state index in [0.29, 0.717) is 11.4 Å². The van der Waals surface area contributed by atoms with Gasteiger partial charge in [-0.1, -0.05) is 17.7 Å². The molecule has 1 atom stereocenters. The Morgan fingerprint density at radius 2 is 1.86 bits per heavy atom. The molecule has 150 valence electrons. The first-order chi connectivity index (χ1) is 13.9. The molecular weight excluding hydrogens is 393 g/mol. The summed E-state index contributed by atoms with van der Waals surface area (Å²) in [5, 5.41) is 8.83. The smallest absolute Gasteiger partial charge is 0.237 e. The number of nitrogens with zero attached hydrogens (tertiary/aromatic N) is 3. The molecule has 3 rings (SSSR count). The molecule has 2 N–H and O–H groups in total. The number of aryl methyl sites for hydroxylation is 1. The number of rotatable bonds is 7. The van der Waals surface area contributed by atoms with Gasteiger partial charge in [-0.15, -0.1) is 11.8 Å². The number of carbonyl (C=O) groups is 2. The number of halogens is 1. The zero-order valence-electron chi connectivity index (χ0n) is 15.9. The highest BCUT2D eigenvalue weighted by atomic mass is 32.2. The molecule has 2 amide bonds. The molecule has 0 bridgehead atoms. The summed E-state index contributed by atoms with van der Waals surface area (Å²) < 4.78 is 15.6. The van der Waals surface area contributed by atoms with E-state index in [1.165, 1.54) is 41.2 Å². The van der Waals surface area contributed by atoms with Crippen molar-refractivity contribution in [1.82, 2.24) is 14.8 Å². The molecule has 0 aliphatic rings. The van der Waals surface area contributed by atoms with Gasteiger partial charge in [-0.25, -0.2) is 14.1 Å². The van der Waals surface area contributed by atoms with Crippen LogP contribution in [0.25, 0.3) is 5.69 Å². The molecule has 9 heteroatoms. The highest BCUT2D eigenvalue weighted by molar-refractivity contribution is 8.01. The lowest BCUT2D eigenvalue weighted by Crippen LogP contribution is -2.25. The number of aromatic nitrogens is 3. The monoisotopic (exact) mass is 413 g/mol. The lowest BCUT2D eigenvalue weighted by molar-refractivity contribution is -0.115. The number of hydrogen-bond donors (Lipinski definition) is 2. The first-order valence-electron chi connectivity index (χ1n) is 8.86. The standard InChI is InChI=1S/C20H20FN5O2S/c1-13-3-5-15(6-4-13)24-19(27)10-29-14(2)20(28)25-16-7-8-18(17(21)9-16)26-12-22-11-23-26/h3-9,11-12,14H,10H2,1-2H3,(H,24,27)(H,25,28). The van der Waals surface area contributed by atoms with Crippen LogP contribution in [0.5, 0.6) is 0 Å². The van der Waals surface area contributed by atoms with Gasteiger partial charge in [-0.3, -0.25) is 9.59 Å². The topological polar surface area (TPSA) is 88.9 Å². The molecule has 1 unspecified atom stereocenters. The van der Waals surface area contributed by atoms with Crippen LogP contribution in [0, 0.1) is 12.7 Å². The molecule has 7 nitrogen and oxygen atoms in total. The Balaban J connectivity index is 1.50. The fraction of sp³-hybridized carbons (Fsp3) is 0.200. The van der Waals surface area contributed by atoms with Crippen LogP contribution in [-0.4, -0.2) is 37.6 Å². The Morgan fingerprint density at radius 1 is 1.14 bits per heavy atom. The molecule has 0 fully saturated rings. The van der Waals surface area contributed by atoms with E-state index in [4.69, 9.17) is 0 Å². The summed E-state index contributed by atoms with van der Waals surface area (Å²) in [6.07, 6.45) is 2.69. The van der Waals surface area contributed by atoms with Crippen LogP contribution in [0.15, 0.2) is 55.1 Å². The van der Waals surface area contributed by atoms with Gasteiger partial charge in [-0.2, -0.15) is 5.10 Å². The summed E-state index contributed by atoms with van der Waals surface area (Å²) >= 11 is 1.20. The van der Waals surface area contributed by atoms with Gasteiger partial charge >= 0.3 is 0 Å². The quantitative estimate of drug-likeness (QED) is 0.620. The normalized spacial score (nSPS) is 11.7. The van der Waals surface area contributed by atoms with Crippen LogP contribution in [-0.2, 0) is 9.59 Å². The van der Waals surface area contributed by atoms with Crippen molar-refractivity contribution in [2.24, 2.45) is 0 Å². The second kappa shape index (κ2) is 9.33. The Labute approximate surface area is 171 Å². The molecule has 1 heterocycles. The number of benzene rings is 2. The predicted octanol–water partition coefficient (Wildman–Crippen LogP) is 3.41. The van der Waals surface area contributed by atoms with Gasteiger partial charge < -0.3 is 10.6 Å². The predicted molar refractivity (Wildman–Crippen MR) is 112 cm³/mol. The van der Waals surface area contributed by atoms with E-state index in [-0.39, 0.29) is 23.3 Å². The lowest BCUT2D eigenvalue weighted by Gasteiger charge is -2.13. The van der Waals surface area contributed by atoms with Crippen LogP contribution in [0.4, 0.5) is 15.8 Å². The Kier molecular flexibility index (Phi) is 6.61. The third kappa shape index (κ3) is 5.64. The third-order valence-electron chi connectivity index (χ3n) is 4.05. The lowest BCUT2D eigenvalue weighted by atomic mass is 10.2. The van der Waals surface area contributed by atoms with E-state index < -0.39 is 11.1 Å². The SMILES string of the molecule is Cc1ccc(NC(=O)CSC(C)C(=O)Nc2ccc(-n3cncn3)c(F)c2)cc1. The molecule has 0 radical (unpaired) electrons. The number of anilines is 2. The maximum Gasteiger partial charge on any atom is 0.237 e. The van der Waals surface area contributed by atoms with E-state index in [1.54, 1.807) is 13.0 Å². The van der Waals surface area contributed by atoms with E-state index in [1.807, 2.05) is 31.2 Å².